The molecule has 0 atom stereocenters. The minimum absolute atomic E-state index is 0.264. The maximum absolute atomic E-state index is 10.8. The van der Waals surface area contributed by atoms with Crippen LogP contribution in [-0.4, -0.2) is 14.5 Å². The van der Waals surface area contributed by atoms with Crippen LogP contribution in [0.1, 0.15) is 16.7 Å². The Bertz CT molecular complexity index is 2920. The number of hydrogen-bond donors (Lipinski definition) is 0. The second-order valence-corrected chi connectivity index (χ2v) is 12.9. The van der Waals surface area contributed by atoms with Gasteiger partial charge < -0.3 is 4.57 Å². The molecule has 0 spiro atoms. The van der Waals surface area contributed by atoms with Gasteiger partial charge in [0.15, 0.2) is 5.82 Å². The van der Waals surface area contributed by atoms with Gasteiger partial charge in [0, 0.05) is 42.9 Å². The number of benzene rings is 6. The zero-order chi connectivity index (χ0) is 33.8. The molecule has 7 heteroatoms. The molecule has 0 aliphatic rings. The highest BCUT2D eigenvalue weighted by Gasteiger charge is 2.25. The normalized spacial score (nSPS) is 11.1. The molecule has 3 heterocycles. The van der Waals surface area contributed by atoms with Gasteiger partial charge in [-0.3, -0.25) is 0 Å². The highest BCUT2D eigenvalue weighted by Crippen LogP contribution is 2.44. The molecule has 230 valence electrons. The number of thiophene rings is 1. The van der Waals surface area contributed by atoms with E-state index in [0.717, 1.165) is 43.0 Å². The molecule has 9 rings (SSSR count). The summed E-state index contributed by atoms with van der Waals surface area (Å²) >= 11 is 1.71. The van der Waals surface area contributed by atoms with Crippen molar-refractivity contribution in [2.45, 2.75) is 0 Å². The van der Waals surface area contributed by atoms with E-state index >= 15 is 0 Å². The number of fused-ring (bicyclic) bond motifs is 7. The lowest BCUT2D eigenvalue weighted by molar-refractivity contribution is 1.15. The first kappa shape index (κ1) is 29.1. The number of nitrogens with zero attached hydrogens (tertiary/aromatic N) is 6. The largest absolute Gasteiger partial charge is 0.305 e. The van der Waals surface area contributed by atoms with Crippen molar-refractivity contribution in [2.24, 2.45) is 0 Å². The van der Waals surface area contributed by atoms with Gasteiger partial charge in [-0.2, -0.15) is 15.8 Å². The predicted molar refractivity (Wildman–Crippen MR) is 200 cm³/mol. The summed E-state index contributed by atoms with van der Waals surface area (Å²) in [5, 5.41) is 36.5. The molecule has 0 fully saturated rings. The number of hydrogen-bond acceptors (Lipinski definition) is 6. The van der Waals surface area contributed by atoms with E-state index in [1.54, 1.807) is 23.5 Å². The van der Waals surface area contributed by atoms with Crippen molar-refractivity contribution >= 4 is 53.3 Å². The minimum atomic E-state index is 0.264. The van der Waals surface area contributed by atoms with Crippen LogP contribution in [0.2, 0.25) is 0 Å². The summed E-state index contributed by atoms with van der Waals surface area (Å²) in [5.41, 5.74) is 6.06. The van der Waals surface area contributed by atoms with Crippen molar-refractivity contribution in [1.82, 2.24) is 14.5 Å². The summed E-state index contributed by atoms with van der Waals surface area (Å²) in [6.07, 6.45) is 0. The number of rotatable bonds is 4. The Morgan fingerprint density at radius 3 is 1.78 bits per heavy atom. The standard InChI is InChI=1S/C43H22N6S/c44-23-29-21-28(39-35(25-46)38(26-11-3-1-4-12-26)47-43(48-39)27-13-5-2-6-14-27)22-30(24-45)40(29)49-36-17-9-7-15-31(36)33-19-20-34-32-16-8-10-18-37(32)50-42(34)41(33)49/h1-22H. The second-order valence-electron chi connectivity index (χ2n) is 11.9. The van der Waals surface area contributed by atoms with Crippen molar-refractivity contribution in [3.8, 4) is 57.8 Å². The van der Waals surface area contributed by atoms with Crippen molar-refractivity contribution in [3.63, 3.8) is 0 Å². The summed E-state index contributed by atoms with van der Waals surface area (Å²) in [6, 6.07) is 50.5. The van der Waals surface area contributed by atoms with Gasteiger partial charge in [0.2, 0.25) is 0 Å². The lowest BCUT2D eigenvalue weighted by Crippen LogP contribution is -2.05. The third-order valence-electron chi connectivity index (χ3n) is 9.13. The lowest BCUT2D eigenvalue weighted by atomic mass is 9.96. The molecule has 0 aliphatic heterocycles. The Kier molecular flexibility index (Phi) is 6.71. The van der Waals surface area contributed by atoms with Crippen molar-refractivity contribution in [2.75, 3.05) is 0 Å². The number of para-hydroxylation sites is 1. The molecular formula is C43H22N6S. The molecule has 0 saturated carbocycles. The molecule has 0 unspecified atom stereocenters. The van der Waals surface area contributed by atoms with Crippen LogP contribution in [0.4, 0.5) is 0 Å². The number of nitriles is 3. The summed E-state index contributed by atoms with van der Waals surface area (Å²) < 4.78 is 4.32. The van der Waals surface area contributed by atoms with Crippen LogP contribution in [0.15, 0.2) is 133 Å². The van der Waals surface area contributed by atoms with Crippen molar-refractivity contribution < 1.29 is 0 Å². The average Bonchev–Trinajstić information content (AvgIpc) is 3.73. The van der Waals surface area contributed by atoms with Crippen LogP contribution in [-0.2, 0) is 0 Å². The molecule has 6 aromatic carbocycles. The third-order valence-corrected chi connectivity index (χ3v) is 10.3. The smallest absolute Gasteiger partial charge is 0.160 e. The molecule has 3 aromatic heterocycles. The van der Waals surface area contributed by atoms with Gasteiger partial charge in [0.05, 0.1) is 43.9 Å². The number of aromatic nitrogens is 3. The van der Waals surface area contributed by atoms with E-state index in [4.69, 9.17) is 9.97 Å². The summed E-state index contributed by atoms with van der Waals surface area (Å²) in [6.45, 7) is 0. The summed E-state index contributed by atoms with van der Waals surface area (Å²) in [4.78, 5) is 9.78. The van der Waals surface area contributed by atoms with E-state index in [0.29, 0.717) is 39.6 Å². The highest BCUT2D eigenvalue weighted by atomic mass is 32.1. The van der Waals surface area contributed by atoms with Crippen molar-refractivity contribution in [3.05, 3.63) is 150 Å². The fraction of sp³-hybridized carbons (Fsp3) is 0. The first-order chi connectivity index (χ1) is 24.7. The molecule has 6 nitrogen and oxygen atoms in total. The predicted octanol–water partition coefficient (Wildman–Crippen LogP) is 10.6. The van der Waals surface area contributed by atoms with Gasteiger partial charge in [0.25, 0.3) is 0 Å². The molecule has 0 bridgehead atoms. The zero-order valence-corrected chi connectivity index (χ0v) is 27.1. The maximum Gasteiger partial charge on any atom is 0.160 e. The Hall–Kier alpha value is -7.11. The van der Waals surface area contributed by atoms with Crippen LogP contribution in [0.25, 0.3) is 81.6 Å². The van der Waals surface area contributed by atoms with Crippen LogP contribution in [0.5, 0.6) is 0 Å². The molecular weight excluding hydrogens is 633 g/mol. The summed E-state index contributed by atoms with van der Waals surface area (Å²) in [5.74, 6) is 0.439. The van der Waals surface area contributed by atoms with Gasteiger partial charge in [-0.05, 0) is 24.3 Å². The van der Waals surface area contributed by atoms with Crippen LogP contribution >= 0.6 is 11.3 Å². The van der Waals surface area contributed by atoms with Crippen LogP contribution in [0, 0.1) is 34.0 Å². The van der Waals surface area contributed by atoms with Crippen LogP contribution < -0.4 is 0 Å². The molecule has 9 aromatic rings. The molecule has 0 radical (unpaired) electrons. The Balaban J connectivity index is 1.37. The fourth-order valence-corrected chi connectivity index (χ4v) is 8.18. The molecule has 0 amide bonds. The quantitative estimate of drug-likeness (QED) is 0.188. The monoisotopic (exact) mass is 654 g/mol. The van der Waals surface area contributed by atoms with E-state index in [1.165, 1.54) is 10.1 Å². The zero-order valence-electron chi connectivity index (χ0n) is 26.3. The van der Waals surface area contributed by atoms with Gasteiger partial charge in [0.1, 0.15) is 23.8 Å². The van der Waals surface area contributed by atoms with Gasteiger partial charge in [-0.15, -0.1) is 11.3 Å². The first-order valence-corrected chi connectivity index (χ1v) is 16.8. The van der Waals surface area contributed by atoms with Crippen molar-refractivity contribution in [1.29, 1.82) is 15.8 Å². The van der Waals surface area contributed by atoms with E-state index in [-0.39, 0.29) is 5.56 Å². The Morgan fingerprint density at radius 1 is 0.520 bits per heavy atom. The average molecular weight is 655 g/mol. The van der Waals surface area contributed by atoms with E-state index in [1.807, 2.05) is 91.0 Å². The van der Waals surface area contributed by atoms with E-state index in [2.05, 4.69) is 53.1 Å². The third kappa shape index (κ3) is 4.38. The highest BCUT2D eigenvalue weighted by molar-refractivity contribution is 7.26. The summed E-state index contributed by atoms with van der Waals surface area (Å²) in [7, 11) is 0. The molecule has 0 aliphatic carbocycles. The SMILES string of the molecule is N#Cc1cc(-c2nc(-c3ccccc3)nc(-c3ccccc3)c2C#N)cc(C#N)c1-n1c2ccccc2c2ccc3c4ccccc4sc3c21. The molecule has 0 saturated heterocycles. The van der Waals surface area contributed by atoms with Crippen LogP contribution in [0.3, 0.4) is 0 Å². The van der Waals surface area contributed by atoms with Gasteiger partial charge in [-0.25, -0.2) is 9.97 Å². The van der Waals surface area contributed by atoms with Gasteiger partial charge >= 0.3 is 0 Å². The second kappa shape index (κ2) is 11.5. The van der Waals surface area contributed by atoms with E-state index in [9.17, 15) is 15.8 Å². The Morgan fingerprint density at radius 2 is 1.10 bits per heavy atom. The Labute approximate surface area is 290 Å². The van der Waals surface area contributed by atoms with E-state index < -0.39 is 0 Å². The first-order valence-electron chi connectivity index (χ1n) is 15.9. The fourth-order valence-electron chi connectivity index (χ4n) is 6.94. The molecule has 0 N–H and O–H groups in total. The maximum atomic E-state index is 10.8. The molecule has 50 heavy (non-hydrogen) atoms. The topological polar surface area (TPSA) is 102 Å². The minimum Gasteiger partial charge on any atom is -0.305 e. The van der Waals surface area contributed by atoms with Gasteiger partial charge in [-0.1, -0.05) is 109 Å². The lowest BCUT2D eigenvalue weighted by Gasteiger charge is -2.16.